The van der Waals surface area contributed by atoms with Crippen molar-refractivity contribution in [2.45, 2.75) is 51.4 Å². The summed E-state index contributed by atoms with van der Waals surface area (Å²) in [6.07, 6.45) is 4.21. The Bertz CT molecular complexity index is 464. The van der Waals surface area contributed by atoms with E-state index in [0.29, 0.717) is 6.04 Å². The third kappa shape index (κ3) is 2.87. The quantitative estimate of drug-likeness (QED) is 0.877. The smallest absolute Gasteiger partial charge is 0.168 e. The van der Waals surface area contributed by atoms with Crippen LogP contribution in [0.25, 0.3) is 0 Å². The summed E-state index contributed by atoms with van der Waals surface area (Å²) in [5, 5.41) is 3.66. The van der Waals surface area contributed by atoms with Gasteiger partial charge in [0.25, 0.3) is 0 Å². The third-order valence-corrected chi connectivity index (χ3v) is 5.62. The lowest BCUT2D eigenvalue weighted by atomic mass is 9.90. The fourth-order valence-electron chi connectivity index (χ4n) is 3.25. The first-order valence-corrected chi connectivity index (χ1v) is 8.18. The summed E-state index contributed by atoms with van der Waals surface area (Å²) in [7, 11) is 0. The molecule has 0 unspecified atom stereocenters. The SMILES string of the molecule is Cc1cc(NC2CCC3(CC2)OCCO3)cc(C)c1Br. The molecule has 20 heavy (non-hydrogen) atoms. The van der Waals surface area contributed by atoms with E-state index in [1.807, 2.05) is 0 Å². The molecule has 1 aliphatic heterocycles. The zero-order chi connectivity index (χ0) is 14.2. The van der Waals surface area contributed by atoms with Crippen LogP contribution >= 0.6 is 15.9 Å². The highest BCUT2D eigenvalue weighted by atomic mass is 79.9. The molecule has 1 saturated carbocycles. The van der Waals surface area contributed by atoms with E-state index < -0.39 is 0 Å². The molecule has 110 valence electrons. The van der Waals surface area contributed by atoms with Crippen LogP contribution in [-0.4, -0.2) is 25.0 Å². The topological polar surface area (TPSA) is 30.5 Å². The first kappa shape index (κ1) is 14.4. The van der Waals surface area contributed by atoms with Crippen molar-refractivity contribution in [2.75, 3.05) is 18.5 Å². The number of anilines is 1. The van der Waals surface area contributed by atoms with Gasteiger partial charge in [0.05, 0.1) is 13.2 Å². The lowest BCUT2D eigenvalue weighted by Crippen LogP contribution is -2.39. The van der Waals surface area contributed by atoms with Crippen LogP contribution in [0.1, 0.15) is 36.8 Å². The van der Waals surface area contributed by atoms with Gasteiger partial charge in [0.15, 0.2) is 5.79 Å². The van der Waals surface area contributed by atoms with Crippen LogP contribution in [0.15, 0.2) is 16.6 Å². The maximum atomic E-state index is 5.78. The Morgan fingerprint density at radius 1 is 1.10 bits per heavy atom. The Labute approximate surface area is 129 Å². The number of ether oxygens (including phenoxy) is 2. The number of halogens is 1. The second kappa shape index (κ2) is 5.66. The second-order valence-electron chi connectivity index (χ2n) is 5.95. The monoisotopic (exact) mass is 339 g/mol. The van der Waals surface area contributed by atoms with Gasteiger partial charge < -0.3 is 14.8 Å². The average Bonchev–Trinajstić information content (AvgIpc) is 2.87. The van der Waals surface area contributed by atoms with Crippen molar-refractivity contribution in [3.05, 3.63) is 27.7 Å². The molecule has 1 aromatic rings. The molecule has 1 aromatic carbocycles. The molecule has 1 spiro atoms. The van der Waals surface area contributed by atoms with Crippen molar-refractivity contribution in [3.63, 3.8) is 0 Å². The standard InChI is InChI=1S/C16H22BrNO2/c1-11-9-14(10-12(2)15(11)17)18-13-3-5-16(6-4-13)19-7-8-20-16/h9-10,13,18H,3-8H2,1-2H3. The summed E-state index contributed by atoms with van der Waals surface area (Å²) in [5.74, 6) is -0.260. The largest absolute Gasteiger partial charge is 0.382 e. The molecule has 0 bridgehead atoms. The van der Waals surface area contributed by atoms with Crippen LogP contribution in [0.4, 0.5) is 5.69 Å². The summed E-state index contributed by atoms with van der Waals surface area (Å²) in [6, 6.07) is 4.95. The first-order chi connectivity index (χ1) is 9.58. The van der Waals surface area contributed by atoms with Crippen molar-refractivity contribution in [1.29, 1.82) is 0 Å². The van der Waals surface area contributed by atoms with Crippen LogP contribution < -0.4 is 5.32 Å². The third-order valence-electron chi connectivity index (χ3n) is 4.37. The Balaban J connectivity index is 1.62. The van der Waals surface area contributed by atoms with Gasteiger partial charge in [-0.2, -0.15) is 0 Å². The molecule has 3 rings (SSSR count). The number of aryl methyl sites for hydroxylation is 2. The van der Waals surface area contributed by atoms with E-state index in [1.165, 1.54) is 21.3 Å². The minimum Gasteiger partial charge on any atom is -0.382 e. The molecule has 0 amide bonds. The minimum absolute atomic E-state index is 0.260. The minimum atomic E-state index is -0.260. The van der Waals surface area contributed by atoms with Gasteiger partial charge in [0, 0.05) is 29.0 Å². The van der Waals surface area contributed by atoms with E-state index in [-0.39, 0.29) is 5.79 Å². The van der Waals surface area contributed by atoms with Crippen LogP contribution in [0.5, 0.6) is 0 Å². The van der Waals surface area contributed by atoms with Gasteiger partial charge in [0.2, 0.25) is 0 Å². The predicted molar refractivity (Wildman–Crippen MR) is 84.1 cm³/mol. The molecule has 2 fully saturated rings. The van der Waals surface area contributed by atoms with Crippen molar-refractivity contribution in [2.24, 2.45) is 0 Å². The van der Waals surface area contributed by atoms with Crippen LogP contribution in [0, 0.1) is 13.8 Å². The summed E-state index contributed by atoms with van der Waals surface area (Å²) < 4.78 is 12.8. The molecule has 0 aromatic heterocycles. The Kier molecular flexibility index (Phi) is 4.07. The van der Waals surface area contributed by atoms with Crippen molar-refractivity contribution < 1.29 is 9.47 Å². The van der Waals surface area contributed by atoms with E-state index in [0.717, 1.165) is 38.9 Å². The summed E-state index contributed by atoms with van der Waals surface area (Å²) in [5.41, 5.74) is 3.78. The Morgan fingerprint density at radius 2 is 1.65 bits per heavy atom. The van der Waals surface area contributed by atoms with E-state index in [9.17, 15) is 0 Å². The zero-order valence-corrected chi connectivity index (χ0v) is 13.8. The lowest BCUT2D eigenvalue weighted by molar-refractivity contribution is -0.177. The van der Waals surface area contributed by atoms with Gasteiger partial charge in [0.1, 0.15) is 0 Å². The molecule has 1 saturated heterocycles. The molecule has 1 aliphatic carbocycles. The highest BCUT2D eigenvalue weighted by Gasteiger charge is 2.40. The number of benzene rings is 1. The van der Waals surface area contributed by atoms with Gasteiger partial charge in [-0.15, -0.1) is 0 Å². The van der Waals surface area contributed by atoms with Crippen molar-refractivity contribution >= 4 is 21.6 Å². The summed E-state index contributed by atoms with van der Waals surface area (Å²) >= 11 is 3.62. The first-order valence-electron chi connectivity index (χ1n) is 7.39. The van der Waals surface area contributed by atoms with E-state index in [2.05, 4.69) is 47.2 Å². The summed E-state index contributed by atoms with van der Waals surface area (Å²) in [4.78, 5) is 0. The van der Waals surface area contributed by atoms with E-state index in [1.54, 1.807) is 0 Å². The lowest BCUT2D eigenvalue weighted by Gasteiger charge is -2.36. The van der Waals surface area contributed by atoms with Crippen molar-refractivity contribution in [1.82, 2.24) is 0 Å². The molecule has 4 heteroatoms. The Hall–Kier alpha value is -0.580. The van der Waals surface area contributed by atoms with Gasteiger partial charge in [-0.3, -0.25) is 0 Å². The number of rotatable bonds is 2. The number of hydrogen-bond acceptors (Lipinski definition) is 3. The molecule has 0 radical (unpaired) electrons. The maximum Gasteiger partial charge on any atom is 0.168 e. The van der Waals surface area contributed by atoms with Crippen LogP contribution in [0.3, 0.4) is 0 Å². The zero-order valence-electron chi connectivity index (χ0n) is 12.2. The molecular formula is C16H22BrNO2. The van der Waals surface area contributed by atoms with Crippen LogP contribution in [0.2, 0.25) is 0 Å². The molecule has 1 N–H and O–H groups in total. The van der Waals surface area contributed by atoms with Crippen molar-refractivity contribution in [3.8, 4) is 0 Å². The Morgan fingerprint density at radius 3 is 2.20 bits per heavy atom. The van der Waals surface area contributed by atoms with Gasteiger partial charge >= 0.3 is 0 Å². The highest BCUT2D eigenvalue weighted by molar-refractivity contribution is 9.10. The van der Waals surface area contributed by atoms with Gasteiger partial charge in [-0.1, -0.05) is 15.9 Å². The maximum absolute atomic E-state index is 5.78. The molecule has 1 heterocycles. The van der Waals surface area contributed by atoms with E-state index in [4.69, 9.17) is 9.47 Å². The molecule has 0 atom stereocenters. The second-order valence-corrected chi connectivity index (χ2v) is 6.74. The highest BCUT2D eigenvalue weighted by Crippen LogP contribution is 2.37. The number of nitrogens with one attached hydrogen (secondary N) is 1. The van der Waals surface area contributed by atoms with Gasteiger partial charge in [-0.25, -0.2) is 0 Å². The van der Waals surface area contributed by atoms with E-state index >= 15 is 0 Å². The molecular weight excluding hydrogens is 318 g/mol. The van der Waals surface area contributed by atoms with Gasteiger partial charge in [-0.05, 0) is 49.9 Å². The fraction of sp³-hybridized carbons (Fsp3) is 0.625. The van der Waals surface area contributed by atoms with Crippen LogP contribution in [-0.2, 0) is 9.47 Å². The summed E-state index contributed by atoms with van der Waals surface area (Å²) in [6.45, 7) is 5.78. The number of hydrogen-bond donors (Lipinski definition) is 1. The average molecular weight is 340 g/mol. The molecule has 3 nitrogen and oxygen atoms in total. The molecule has 2 aliphatic rings. The normalized spacial score (nSPS) is 22.4. The predicted octanol–water partition coefficient (Wildman–Crippen LogP) is 4.16. The fourth-order valence-corrected chi connectivity index (χ4v) is 3.48.